The van der Waals surface area contributed by atoms with Crippen molar-refractivity contribution in [3.8, 4) is 0 Å². The summed E-state index contributed by atoms with van der Waals surface area (Å²) in [5.74, 6) is 1.53. The first-order valence-corrected chi connectivity index (χ1v) is 10.7. The molecule has 1 aromatic carbocycles. The number of carbonyl (C=O) groups is 2. The molecule has 2 aromatic rings. The van der Waals surface area contributed by atoms with Crippen molar-refractivity contribution in [3.63, 3.8) is 0 Å². The van der Waals surface area contributed by atoms with Gasteiger partial charge in [0.1, 0.15) is 11.5 Å². The molecule has 3 aliphatic rings. The number of ether oxygens (including phenoxy) is 1. The molecule has 0 aliphatic carbocycles. The Morgan fingerprint density at radius 1 is 1.03 bits per heavy atom. The van der Waals surface area contributed by atoms with Crippen LogP contribution in [-0.4, -0.2) is 67.0 Å². The number of hydrogen-bond acceptors (Lipinski definition) is 6. The zero-order valence-electron chi connectivity index (χ0n) is 17.3. The summed E-state index contributed by atoms with van der Waals surface area (Å²) >= 11 is 0. The van der Waals surface area contributed by atoms with Crippen molar-refractivity contribution in [2.75, 3.05) is 44.2 Å². The highest BCUT2D eigenvalue weighted by atomic mass is 16.5. The minimum atomic E-state index is -0.195. The number of hydrogen-bond donors (Lipinski definition) is 0. The van der Waals surface area contributed by atoms with Crippen LogP contribution >= 0.6 is 0 Å². The second-order valence-electron chi connectivity index (χ2n) is 8.33. The molecule has 0 radical (unpaired) electrons. The molecule has 7 nitrogen and oxygen atoms in total. The topological polar surface area (TPSA) is 66.2 Å². The molecule has 2 saturated heterocycles. The lowest BCUT2D eigenvalue weighted by atomic mass is 10.1. The van der Waals surface area contributed by atoms with E-state index >= 15 is 0 Å². The maximum Gasteiger partial charge on any atom is 0.263 e. The lowest BCUT2D eigenvalue weighted by Gasteiger charge is -2.36. The fourth-order valence-electron chi connectivity index (χ4n) is 4.67. The molecule has 0 bridgehead atoms. The van der Waals surface area contributed by atoms with Crippen LogP contribution < -0.4 is 4.90 Å². The van der Waals surface area contributed by atoms with E-state index in [4.69, 9.17) is 9.15 Å². The van der Waals surface area contributed by atoms with Gasteiger partial charge in [-0.05, 0) is 44.0 Å². The number of fused-ring (bicyclic) bond motifs is 1. The van der Waals surface area contributed by atoms with Crippen molar-refractivity contribution in [2.45, 2.75) is 32.4 Å². The van der Waals surface area contributed by atoms with Gasteiger partial charge >= 0.3 is 0 Å². The van der Waals surface area contributed by atoms with Gasteiger partial charge < -0.3 is 14.1 Å². The van der Waals surface area contributed by atoms with Crippen LogP contribution in [0.3, 0.4) is 0 Å². The van der Waals surface area contributed by atoms with E-state index in [1.165, 1.54) is 4.90 Å². The Bertz CT molecular complexity index is 955. The van der Waals surface area contributed by atoms with Gasteiger partial charge in [0.15, 0.2) is 0 Å². The minimum absolute atomic E-state index is 0.0376. The highest BCUT2D eigenvalue weighted by Gasteiger charge is 2.40. The van der Waals surface area contributed by atoms with Gasteiger partial charge in [0.05, 0.1) is 36.0 Å². The highest BCUT2D eigenvalue weighted by Crippen LogP contribution is 2.33. The molecule has 2 amide bonds. The van der Waals surface area contributed by atoms with Gasteiger partial charge in [0.25, 0.3) is 11.8 Å². The Labute approximate surface area is 176 Å². The van der Waals surface area contributed by atoms with Crippen LogP contribution in [0.15, 0.2) is 34.7 Å². The second kappa shape index (κ2) is 7.89. The Kier molecular flexibility index (Phi) is 5.08. The molecule has 5 rings (SSSR count). The molecule has 158 valence electrons. The number of imide groups is 1. The maximum atomic E-state index is 13.2. The third kappa shape index (κ3) is 3.52. The molecule has 1 aromatic heterocycles. The Morgan fingerprint density at radius 2 is 1.87 bits per heavy atom. The SMILES string of the molecule is Cc1ccc(CN2CCN(c3cccc4c3C(=O)N(C[C@H]3CCCO3)C4=O)CC2)o1. The van der Waals surface area contributed by atoms with Gasteiger partial charge in [-0.15, -0.1) is 0 Å². The first-order chi connectivity index (χ1) is 14.6. The highest BCUT2D eigenvalue weighted by molar-refractivity contribution is 6.23. The van der Waals surface area contributed by atoms with E-state index in [9.17, 15) is 9.59 Å². The molecule has 0 N–H and O–H groups in total. The lowest BCUT2D eigenvalue weighted by Crippen LogP contribution is -2.46. The standard InChI is InChI=1S/C23H27N3O4/c1-16-7-8-18(30-16)14-24-9-11-25(12-10-24)20-6-2-5-19-21(20)23(28)26(22(19)27)15-17-4-3-13-29-17/h2,5-8,17H,3-4,9-15H2,1H3/t17-/m1/s1. The van der Waals surface area contributed by atoms with E-state index in [-0.39, 0.29) is 17.9 Å². The van der Waals surface area contributed by atoms with Crippen LogP contribution in [0.25, 0.3) is 0 Å². The average molecular weight is 409 g/mol. The molecule has 0 spiro atoms. The molecule has 1 atom stereocenters. The number of carbonyl (C=O) groups excluding carboxylic acids is 2. The minimum Gasteiger partial charge on any atom is -0.465 e. The molecular weight excluding hydrogens is 382 g/mol. The third-order valence-corrected chi connectivity index (χ3v) is 6.28. The summed E-state index contributed by atoms with van der Waals surface area (Å²) in [4.78, 5) is 32.0. The number of piperazine rings is 1. The van der Waals surface area contributed by atoms with E-state index in [0.29, 0.717) is 24.3 Å². The van der Waals surface area contributed by atoms with E-state index in [1.807, 2.05) is 31.2 Å². The molecule has 4 heterocycles. The van der Waals surface area contributed by atoms with Crippen LogP contribution in [0.2, 0.25) is 0 Å². The Morgan fingerprint density at radius 3 is 2.57 bits per heavy atom. The predicted octanol–water partition coefficient (Wildman–Crippen LogP) is 2.69. The van der Waals surface area contributed by atoms with E-state index < -0.39 is 0 Å². The van der Waals surface area contributed by atoms with Crippen molar-refractivity contribution in [3.05, 3.63) is 53.0 Å². The van der Waals surface area contributed by atoms with Crippen LogP contribution in [-0.2, 0) is 11.3 Å². The smallest absolute Gasteiger partial charge is 0.263 e. The van der Waals surface area contributed by atoms with Crippen LogP contribution in [0.5, 0.6) is 0 Å². The Balaban J connectivity index is 1.29. The van der Waals surface area contributed by atoms with Gasteiger partial charge in [0.2, 0.25) is 0 Å². The molecule has 0 saturated carbocycles. The summed E-state index contributed by atoms with van der Waals surface area (Å²) in [6, 6.07) is 9.63. The Hall–Kier alpha value is -2.64. The maximum absolute atomic E-state index is 13.2. The number of benzene rings is 1. The first-order valence-electron chi connectivity index (χ1n) is 10.7. The van der Waals surface area contributed by atoms with Crippen molar-refractivity contribution in [1.82, 2.24) is 9.80 Å². The van der Waals surface area contributed by atoms with Crippen molar-refractivity contribution in [2.24, 2.45) is 0 Å². The monoisotopic (exact) mass is 409 g/mol. The molecule has 7 heteroatoms. The van der Waals surface area contributed by atoms with Crippen LogP contribution in [0, 0.1) is 6.92 Å². The molecule has 2 fully saturated rings. The molecule has 30 heavy (non-hydrogen) atoms. The van der Waals surface area contributed by atoms with Gasteiger partial charge in [-0.25, -0.2) is 0 Å². The van der Waals surface area contributed by atoms with Crippen LogP contribution in [0.4, 0.5) is 5.69 Å². The summed E-state index contributed by atoms with van der Waals surface area (Å²) < 4.78 is 11.3. The van der Waals surface area contributed by atoms with Crippen molar-refractivity contribution < 1.29 is 18.7 Å². The predicted molar refractivity (Wildman–Crippen MR) is 112 cm³/mol. The molecule has 3 aliphatic heterocycles. The van der Waals surface area contributed by atoms with Crippen LogP contribution in [0.1, 0.15) is 45.1 Å². The second-order valence-corrected chi connectivity index (χ2v) is 8.33. The summed E-state index contributed by atoms with van der Waals surface area (Å²) in [6.07, 6.45) is 1.85. The van der Waals surface area contributed by atoms with E-state index in [0.717, 1.165) is 62.8 Å². The van der Waals surface area contributed by atoms with Gasteiger partial charge in [-0.2, -0.15) is 0 Å². The number of rotatable bonds is 5. The van der Waals surface area contributed by atoms with Crippen molar-refractivity contribution >= 4 is 17.5 Å². The summed E-state index contributed by atoms with van der Waals surface area (Å²) in [5, 5.41) is 0. The van der Waals surface area contributed by atoms with E-state index in [1.54, 1.807) is 6.07 Å². The van der Waals surface area contributed by atoms with E-state index in [2.05, 4.69) is 9.80 Å². The third-order valence-electron chi connectivity index (χ3n) is 6.28. The molecule has 0 unspecified atom stereocenters. The first kappa shape index (κ1) is 19.3. The lowest BCUT2D eigenvalue weighted by molar-refractivity contribution is 0.0475. The largest absolute Gasteiger partial charge is 0.465 e. The summed E-state index contributed by atoms with van der Waals surface area (Å²) in [6.45, 7) is 7.19. The zero-order chi connectivity index (χ0) is 20.7. The number of amides is 2. The average Bonchev–Trinajstić information content (AvgIpc) is 3.47. The zero-order valence-corrected chi connectivity index (χ0v) is 17.3. The summed E-state index contributed by atoms with van der Waals surface area (Å²) in [7, 11) is 0. The van der Waals surface area contributed by atoms with Gasteiger partial charge in [-0.3, -0.25) is 19.4 Å². The molecular formula is C23H27N3O4. The number of nitrogens with zero attached hydrogens (tertiary/aromatic N) is 3. The quantitative estimate of drug-likeness (QED) is 0.708. The fourth-order valence-corrected chi connectivity index (χ4v) is 4.67. The number of aryl methyl sites for hydroxylation is 1. The normalized spacial score (nSPS) is 22.2. The van der Waals surface area contributed by atoms with Gasteiger partial charge in [0, 0.05) is 32.8 Å². The number of furan rings is 1. The van der Waals surface area contributed by atoms with Gasteiger partial charge in [-0.1, -0.05) is 6.07 Å². The summed E-state index contributed by atoms with van der Waals surface area (Å²) in [5.41, 5.74) is 1.94. The number of anilines is 1. The van der Waals surface area contributed by atoms with Crippen molar-refractivity contribution in [1.29, 1.82) is 0 Å². The fraction of sp³-hybridized carbons (Fsp3) is 0.478.